The summed E-state index contributed by atoms with van der Waals surface area (Å²) in [6.07, 6.45) is 7.49. The molecule has 2 aromatic heterocycles. The van der Waals surface area contributed by atoms with Crippen molar-refractivity contribution in [1.29, 1.82) is 0 Å². The van der Waals surface area contributed by atoms with E-state index in [1.807, 2.05) is 33.9 Å². The number of hydrogen-bond donors (Lipinski definition) is 0. The minimum absolute atomic E-state index is 0.287. The zero-order valence-corrected chi connectivity index (χ0v) is 8.83. The Bertz CT molecular complexity index is 292. The summed E-state index contributed by atoms with van der Waals surface area (Å²) in [5.41, 5.74) is 0. The van der Waals surface area contributed by atoms with Crippen molar-refractivity contribution in [3.05, 3.63) is 36.9 Å². The zero-order chi connectivity index (χ0) is 8.39. The van der Waals surface area contributed by atoms with Crippen LogP contribution in [0.4, 0.5) is 0 Å². The van der Waals surface area contributed by atoms with Crippen LogP contribution in [0.3, 0.4) is 0 Å². The van der Waals surface area contributed by atoms with Gasteiger partial charge in [-0.1, -0.05) is 0 Å². The lowest BCUT2D eigenvalue weighted by Gasteiger charge is -2.12. The first-order chi connectivity index (χ1) is 5.88. The van der Waals surface area contributed by atoms with Crippen LogP contribution < -0.4 is 0 Å². The van der Waals surface area contributed by atoms with E-state index in [1.165, 1.54) is 0 Å². The first-order valence-electron chi connectivity index (χ1n) is 3.86. The molecule has 0 bridgehead atoms. The summed E-state index contributed by atoms with van der Waals surface area (Å²) in [6.45, 7) is 0. The van der Waals surface area contributed by atoms with Gasteiger partial charge in [0, 0.05) is 24.8 Å². The van der Waals surface area contributed by atoms with E-state index in [-0.39, 0.29) is 5.79 Å². The maximum absolute atomic E-state index is 4.16. The average molecular weight is 178 g/mol. The van der Waals surface area contributed by atoms with E-state index in [1.54, 1.807) is 12.4 Å². The highest BCUT2D eigenvalue weighted by Crippen LogP contribution is 2.01. The summed E-state index contributed by atoms with van der Waals surface area (Å²) in [7, 11) is 0.996. The van der Waals surface area contributed by atoms with E-state index in [2.05, 4.69) is 10.2 Å². The summed E-state index contributed by atoms with van der Waals surface area (Å²) >= 11 is 0. The molecule has 0 amide bonds. The molecule has 0 aliphatic carbocycles. The van der Waals surface area contributed by atoms with E-state index in [4.69, 9.17) is 0 Å². The molecular formula is C7H10N4Si. The molecule has 2 heterocycles. The number of aromatic nitrogens is 4. The van der Waals surface area contributed by atoms with Gasteiger partial charge in [0.1, 0.15) is 5.79 Å². The van der Waals surface area contributed by atoms with Gasteiger partial charge in [0.05, 0.1) is 10.2 Å². The predicted molar refractivity (Wildman–Crippen MR) is 48.8 cm³/mol. The monoisotopic (exact) mass is 178 g/mol. The quantitative estimate of drug-likeness (QED) is 0.578. The fourth-order valence-corrected chi connectivity index (χ4v) is 1.74. The SMILES string of the molecule is [SiH3]C(n1cccn1)n1cccn1. The second-order valence-electron chi connectivity index (χ2n) is 2.60. The second kappa shape index (κ2) is 2.94. The normalized spacial score (nSPS) is 11.1. The van der Waals surface area contributed by atoms with Gasteiger partial charge in [0.2, 0.25) is 0 Å². The Morgan fingerprint density at radius 2 is 1.50 bits per heavy atom. The molecule has 0 N–H and O–H groups in total. The highest BCUT2D eigenvalue weighted by Gasteiger charge is 2.04. The van der Waals surface area contributed by atoms with E-state index in [0.717, 1.165) is 10.2 Å². The minimum Gasteiger partial charge on any atom is -0.253 e. The molecule has 4 nitrogen and oxygen atoms in total. The highest BCUT2D eigenvalue weighted by molar-refractivity contribution is 6.10. The Labute approximate surface area is 73.2 Å². The molecule has 0 fully saturated rings. The van der Waals surface area contributed by atoms with Gasteiger partial charge in [-0.3, -0.25) is 9.36 Å². The molecule has 2 aromatic rings. The standard InChI is InChI=1S/C7H10N4Si/c12-7(10-5-1-3-8-10)11-6-2-4-9-11/h1-7H,12H3. The maximum atomic E-state index is 4.16. The van der Waals surface area contributed by atoms with E-state index >= 15 is 0 Å². The van der Waals surface area contributed by atoms with Crippen LogP contribution >= 0.6 is 0 Å². The summed E-state index contributed by atoms with van der Waals surface area (Å²) in [5.74, 6) is 0.287. The molecule has 0 aromatic carbocycles. The third-order valence-electron chi connectivity index (χ3n) is 1.82. The molecule has 62 valence electrons. The summed E-state index contributed by atoms with van der Waals surface area (Å²) in [6, 6.07) is 3.85. The van der Waals surface area contributed by atoms with Gasteiger partial charge in [-0.25, -0.2) is 0 Å². The van der Waals surface area contributed by atoms with Crippen LogP contribution in [-0.2, 0) is 0 Å². The number of nitrogens with zero attached hydrogens (tertiary/aromatic N) is 4. The van der Waals surface area contributed by atoms with E-state index in [0.29, 0.717) is 0 Å². The van der Waals surface area contributed by atoms with Crippen molar-refractivity contribution in [2.24, 2.45) is 0 Å². The van der Waals surface area contributed by atoms with Crippen LogP contribution in [0.25, 0.3) is 0 Å². The Hall–Kier alpha value is -1.36. The molecule has 12 heavy (non-hydrogen) atoms. The number of hydrogen-bond acceptors (Lipinski definition) is 2. The average Bonchev–Trinajstić information content (AvgIpc) is 2.77. The first-order valence-corrected chi connectivity index (χ1v) is 5.01. The molecule has 0 radical (unpaired) electrons. The minimum atomic E-state index is 0.287. The first kappa shape index (κ1) is 7.29. The Balaban J connectivity index is 2.27. The van der Waals surface area contributed by atoms with Crippen molar-refractivity contribution in [2.45, 2.75) is 5.79 Å². The summed E-state index contributed by atoms with van der Waals surface area (Å²) in [4.78, 5) is 0. The maximum Gasteiger partial charge on any atom is 0.120 e. The Kier molecular flexibility index (Phi) is 1.79. The number of rotatable bonds is 2. The van der Waals surface area contributed by atoms with Gasteiger partial charge in [-0.15, -0.1) is 0 Å². The predicted octanol–water partition coefficient (Wildman–Crippen LogP) is -0.551. The van der Waals surface area contributed by atoms with Crippen LogP contribution in [0.2, 0.25) is 0 Å². The van der Waals surface area contributed by atoms with E-state index in [9.17, 15) is 0 Å². The molecule has 0 aliphatic heterocycles. The third-order valence-corrected chi connectivity index (χ3v) is 2.87. The van der Waals surface area contributed by atoms with Crippen LogP contribution in [-0.4, -0.2) is 29.8 Å². The van der Waals surface area contributed by atoms with Gasteiger partial charge in [-0.2, -0.15) is 10.2 Å². The van der Waals surface area contributed by atoms with Crippen LogP contribution in [0, 0.1) is 0 Å². The van der Waals surface area contributed by atoms with Crippen LogP contribution in [0.5, 0.6) is 0 Å². The van der Waals surface area contributed by atoms with Gasteiger partial charge in [-0.05, 0) is 12.1 Å². The topological polar surface area (TPSA) is 35.6 Å². The Morgan fingerprint density at radius 3 is 1.83 bits per heavy atom. The van der Waals surface area contributed by atoms with Crippen LogP contribution in [0.1, 0.15) is 5.79 Å². The van der Waals surface area contributed by atoms with Gasteiger partial charge in [0.25, 0.3) is 0 Å². The van der Waals surface area contributed by atoms with E-state index < -0.39 is 0 Å². The van der Waals surface area contributed by atoms with Gasteiger partial charge in [0.15, 0.2) is 0 Å². The molecule has 5 heteroatoms. The molecule has 0 aliphatic rings. The van der Waals surface area contributed by atoms with Crippen molar-refractivity contribution in [3.8, 4) is 0 Å². The zero-order valence-electron chi connectivity index (χ0n) is 6.83. The van der Waals surface area contributed by atoms with Crippen molar-refractivity contribution in [3.63, 3.8) is 0 Å². The molecule has 2 rings (SSSR count). The lowest BCUT2D eigenvalue weighted by molar-refractivity contribution is 0.477. The van der Waals surface area contributed by atoms with Crippen molar-refractivity contribution in [2.75, 3.05) is 0 Å². The largest absolute Gasteiger partial charge is 0.253 e. The fourth-order valence-electron chi connectivity index (χ4n) is 1.12. The molecule has 0 saturated heterocycles. The third kappa shape index (κ3) is 1.18. The van der Waals surface area contributed by atoms with Crippen molar-refractivity contribution < 1.29 is 0 Å². The molecule has 0 atom stereocenters. The van der Waals surface area contributed by atoms with Gasteiger partial charge < -0.3 is 0 Å². The molecular weight excluding hydrogens is 168 g/mol. The lowest BCUT2D eigenvalue weighted by atomic mass is 10.7. The lowest BCUT2D eigenvalue weighted by Crippen LogP contribution is -2.18. The Morgan fingerprint density at radius 1 is 1.00 bits per heavy atom. The molecule has 0 saturated carbocycles. The smallest absolute Gasteiger partial charge is 0.120 e. The van der Waals surface area contributed by atoms with Crippen molar-refractivity contribution >= 4 is 10.2 Å². The molecule has 0 spiro atoms. The van der Waals surface area contributed by atoms with Crippen molar-refractivity contribution in [1.82, 2.24) is 19.6 Å². The van der Waals surface area contributed by atoms with Gasteiger partial charge >= 0.3 is 0 Å². The highest BCUT2D eigenvalue weighted by atomic mass is 28.1. The molecule has 0 unspecified atom stereocenters. The van der Waals surface area contributed by atoms with Crippen LogP contribution in [0.15, 0.2) is 36.9 Å². The second-order valence-corrected chi connectivity index (χ2v) is 3.64. The summed E-state index contributed by atoms with van der Waals surface area (Å²) < 4.78 is 3.83. The fraction of sp³-hybridized carbons (Fsp3) is 0.143. The summed E-state index contributed by atoms with van der Waals surface area (Å²) in [5, 5.41) is 8.33.